The number of benzene rings is 2. The smallest absolute Gasteiger partial charge is 0.258 e. The molecule has 0 aliphatic carbocycles. The Morgan fingerprint density at radius 2 is 1.83 bits per heavy atom. The Morgan fingerprint density at radius 1 is 1.07 bits per heavy atom. The third-order valence-electron chi connectivity index (χ3n) is 4.86. The van der Waals surface area contributed by atoms with Crippen LogP contribution in [0.3, 0.4) is 0 Å². The third kappa shape index (κ3) is 3.59. The summed E-state index contributed by atoms with van der Waals surface area (Å²) in [7, 11) is 3.12. The van der Waals surface area contributed by atoms with Crippen molar-refractivity contribution >= 4 is 23.2 Å². The highest BCUT2D eigenvalue weighted by atomic mass is 35.5. The molecule has 1 aliphatic rings. The molecule has 0 bridgehead atoms. The second-order valence-electron chi connectivity index (χ2n) is 6.59. The van der Waals surface area contributed by atoms with Gasteiger partial charge in [-0.15, -0.1) is 0 Å². The van der Waals surface area contributed by atoms with Crippen LogP contribution in [0.4, 0.5) is 5.69 Å². The fourth-order valence-corrected chi connectivity index (χ4v) is 3.69. The first-order valence-electron chi connectivity index (χ1n) is 9.10. The number of methoxy groups -OCH3 is 2. The van der Waals surface area contributed by atoms with Gasteiger partial charge in [-0.3, -0.25) is 9.78 Å². The zero-order valence-electron chi connectivity index (χ0n) is 16.1. The molecule has 0 radical (unpaired) electrons. The molecule has 6 nitrogen and oxygen atoms in total. The van der Waals surface area contributed by atoms with Crippen molar-refractivity contribution in [3.8, 4) is 11.5 Å². The number of carbonyl (C=O) groups excluding carboxylic acids is 1. The van der Waals surface area contributed by atoms with E-state index in [1.54, 1.807) is 49.6 Å². The van der Waals surface area contributed by atoms with Crippen LogP contribution in [0.2, 0.25) is 5.02 Å². The van der Waals surface area contributed by atoms with E-state index in [4.69, 9.17) is 21.1 Å². The maximum absolute atomic E-state index is 13.1. The van der Waals surface area contributed by atoms with Gasteiger partial charge < -0.3 is 19.7 Å². The quantitative estimate of drug-likeness (QED) is 0.648. The number of nitrogens with one attached hydrogen (secondary N) is 1. The van der Waals surface area contributed by atoms with Gasteiger partial charge in [0, 0.05) is 18.8 Å². The van der Waals surface area contributed by atoms with Crippen LogP contribution >= 0.6 is 11.6 Å². The fourth-order valence-electron chi connectivity index (χ4n) is 3.45. The van der Waals surface area contributed by atoms with Gasteiger partial charge in [0.1, 0.15) is 17.7 Å². The average Bonchev–Trinajstić information content (AvgIpc) is 3.01. The summed E-state index contributed by atoms with van der Waals surface area (Å²) < 4.78 is 10.8. The molecule has 0 saturated heterocycles. The van der Waals surface area contributed by atoms with Gasteiger partial charge in [0.2, 0.25) is 0 Å². The number of rotatable bonds is 6. The van der Waals surface area contributed by atoms with E-state index < -0.39 is 6.17 Å². The molecule has 1 aliphatic heterocycles. The highest BCUT2D eigenvalue weighted by Gasteiger charge is 2.38. The van der Waals surface area contributed by atoms with Crippen LogP contribution in [0.25, 0.3) is 0 Å². The minimum atomic E-state index is -0.461. The lowest BCUT2D eigenvalue weighted by molar-refractivity contribution is 0.0727. The Morgan fingerprint density at radius 3 is 2.55 bits per heavy atom. The van der Waals surface area contributed by atoms with Gasteiger partial charge >= 0.3 is 0 Å². The minimum Gasteiger partial charge on any atom is -0.495 e. The first kappa shape index (κ1) is 19.1. The van der Waals surface area contributed by atoms with E-state index in [0.717, 1.165) is 5.56 Å². The van der Waals surface area contributed by atoms with Gasteiger partial charge in [-0.2, -0.15) is 0 Å². The first-order valence-corrected chi connectivity index (χ1v) is 9.48. The van der Waals surface area contributed by atoms with Crippen molar-refractivity contribution in [2.75, 3.05) is 19.5 Å². The average molecular weight is 410 g/mol. The van der Waals surface area contributed by atoms with Crippen LogP contribution in [0.1, 0.15) is 27.8 Å². The Kier molecular flexibility index (Phi) is 5.27. The molecule has 3 aromatic rings. The zero-order valence-corrected chi connectivity index (χ0v) is 16.8. The standard InChI is InChI=1S/C22H20ClN3O3/c1-28-18-12-19(29-2)17(11-16(18)23)25-21-20-15(9-6-10-24-20)22(27)26(21)13-14-7-4-3-5-8-14/h3-12,21,25H,13H2,1-2H3/t21-/m0/s1. The zero-order chi connectivity index (χ0) is 20.4. The predicted molar refractivity (Wildman–Crippen MR) is 111 cm³/mol. The lowest BCUT2D eigenvalue weighted by atomic mass is 10.2. The van der Waals surface area contributed by atoms with E-state index >= 15 is 0 Å². The molecule has 2 aromatic carbocycles. The first-order chi connectivity index (χ1) is 14.1. The van der Waals surface area contributed by atoms with Crippen LogP contribution in [0.15, 0.2) is 60.8 Å². The summed E-state index contributed by atoms with van der Waals surface area (Å²) in [5.74, 6) is 0.993. The molecule has 0 unspecified atom stereocenters. The van der Waals surface area contributed by atoms with E-state index in [1.165, 1.54) is 0 Å². The van der Waals surface area contributed by atoms with Gasteiger partial charge in [-0.25, -0.2) is 0 Å². The Hall–Kier alpha value is -3.25. The Labute approximate surface area is 174 Å². The molecule has 1 N–H and O–H groups in total. The molecular weight excluding hydrogens is 390 g/mol. The number of hydrogen-bond donors (Lipinski definition) is 1. The maximum atomic E-state index is 13.1. The summed E-state index contributed by atoms with van der Waals surface area (Å²) in [5, 5.41) is 3.83. The molecule has 0 fully saturated rings. The van der Waals surface area contributed by atoms with Crippen molar-refractivity contribution in [2.24, 2.45) is 0 Å². The molecule has 1 aromatic heterocycles. The normalized spacial score (nSPS) is 15.2. The van der Waals surface area contributed by atoms with Crippen molar-refractivity contribution in [3.63, 3.8) is 0 Å². The summed E-state index contributed by atoms with van der Waals surface area (Å²) in [6.07, 6.45) is 1.22. The van der Waals surface area contributed by atoms with Crippen LogP contribution in [0, 0.1) is 0 Å². The van der Waals surface area contributed by atoms with E-state index in [9.17, 15) is 4.79 Å². The molecule has 1 atom stereocenters. The summed E-state index contributed by atoms with van der Waals surface area (Å²) >= 11 is 6.32. The number of aromatic nitrogens is 1. The molecule has 29 heavy (non-hydrogen) atoms. The number of halogens is 1. The molecular formula is C22H20ClN3O3. The van der Waals surface area contributed by atoms with Gasteiger partial charge in [-0.05, 0) is 23.8 Å². The summed E-state index contributed by atoms with van der Waals surface area (Å²) in [6.45, 7) is 0.444. The topological polar surface area (TPSA) is 63.7 Å². The second kappa shape index (κ2) is 8.01. The Bertz CT molecular complexity index is 1040. The Balaban J connectivity index is 1.73. The van der Waals surface area contributed by atoms with Gasteiger partial charge in [0.25, 0.3) is 5.91 Å². The van der Waals surface area contributed by atoms with Crippen molar-refractivity contribution in [3.05, 3.63) is 82.6 Å². The van der Waals surface area contributed by atoms with E-state index in [1.807, 2.05) is 30.3 Å². The predicted octanol–water partition coefficient (Wildman–Crippen LogP) is 4.52. The monoisotopic (exact) mass is 409 g/mol. The fraction of sp³-hybridized carbons (Fsp3) is 0.182. The molecule has 148 valence electrons. The molecule has 0 spiro atoms. The lowest BCUT2D eigenvalue weighted by Crippen LogP contribution is -2.32. The lowest BCUT2D eigenvalue weighted by Gasteiger charge is -2.27. The van der Waals surface area contributed by atoms with Crippen molar-refractivity contribution in [1.29, 1.82) is 0 Å². The summed E-state index contributed by atoms with van der Waals surface area (Å²) in [6, 6.07) is 16.8. The van der Waals surface area contributed by atoms with E-state index in [0.29, 0.717) is 40.0 Å². The second-order valence-corrected chi connectivity index (χ2v) is 7.00. The van der Waals surface area contributed by atoms with Gasteiger partial charge in [0.05, 0.1) is 36.2 Å². The number of carbonyl (C=O) groups is 1. The molecule has 7 heteroatoms. The number of anilines is 1. The molecule has 4 rings (SSSR count). The molecule has 0 saturated carbocycles. The molecule has 1 amide bonds. The number of pyridine rings is 1. The van der Waals surface area contributed by atoms with E-state index in [-0.39, 0.29) is 5.91 Å². The third-order valence-corrected chi connectivity index (χ3v) is 5.16. The van der Waals surface area contributed by atoms with Crippen molar-refractivity contribution in [1.82, 2.24) is 9.88 Å². The summed E-state index contributed by atoms with van der Waals surface area (Å²) in [4.78, 5) is 19.3. The van der Waals surface area contributed by atoms with Crippen LogP contribution in [-0.4, -0.2) is 30.0 Å². The van der Waals surface area contributed by atoms with Gasteiger partial charge in [-0.1, -0.05) is 41.9 Å². The number of fused-ring (bicyclic) bond motifs is 1. The highest BCUT2D eigenvalue weighted by molar-refractivity contribution is 6.32. The van der Waals surface area contributed by atoms with Gasteiger partial charge in [0.15, 0.2) is 0 Å². The maximum Gasteiger partial charge on any atom is 0.258 e. The minimum absolute atomic E-state index is 0.0759. The largest absolute Gasteiger partial charge is 0.495 e. The number of amides is 1. The van der Waals surface area contributed by atoms with Crippen LogP contribution in [0.5, 0.6) is 11.5 Å². The molecule has 2 heterocycles. The van der Waals surface area contributed by atoms with E-state index in [2.05, 4.69) is 10.3 Å². The number of nitrogens with zero attached hydrogens (tertiary/aromatic N) is 2. The van der Waals surface area contributed by atoms with Crippen molar-refractivity contribution < 1.29 is 14.3 Å². The highest BCUT2D eigenvalue weighted by Crippen LogP contribution is 2.40. The van der Waals surface area contributed by atoms with Crippen LogP contribution in [-0.2, 0) is 6.54 Å². The summed E-state index contributed by atoms with van der Waals surface area (Å²) in [5.41, 5.74) is 2.93. The van der Waals surface area contributed by atoms with Crippen molar-refractivity contribution in [2.45, 2.75) is 12.7 Å². The van der Waals surface area contributed by atoms with Crippen LogP contribution < -0.4 is 14.8 Å². The number of ether oxygens (including phenoxy) is 2. The number of hydrogen-bond acceptors (Lipinski definition) is 5. The SMILES string of the molecule is COc1cc(OC)c(N[C@@H]2c3ncccc3C(=O)N2Cc2ccccc2)cc1Cl.